The molecule has 21 heavy (non-hydrogen) atoms. The molecule has 1 aromatic heterocycles. The number of aromatic hydroxyl groups is 1. The Morgan fingerprint density at radius 2 is 2.05 bits per heavy atom. The van der Waals surface area contributed by atoms with Crippen LogP contribution >= 0.6 is 0 Å². The van der Waals surface area contributed by atoms with Crippen LogP contribution in [0.2, 0.25) is 0 Å². The summed E-state index contributed by atoms with van der Waals surface area (Å²) in [5.74, 6) is 0.870. The fourth-order valence-electron chi connectivity index (χ4n) is 2.56. The van der Waals surface area contributed by atoms with Crippen LogP contribution in [-0.2, 0) is 12.8 Å². The Kier molecular flexibility index (Phi) is 5.05. The Hall–Kier alpha value is -1.77. The van der Waals surface area contributed by atoms with Crippen LogP contribution in [0.4, 0.5) is 0 Å². The Bertz CT molecular complexity index is 599. The molecule has 3 nitrogen and oxygen atoms in total. The third-order valence-electron chi connectivity index (χ3n) is 3.64. The second-order valence-electron chi connectivity index (χ2n) is 6.19. The van der Waals surface area contributed by atoms with Crippen LogP contribution in [0.5, 0.6) is 5.75 Å². The third kappa shape index (κ3) is 3.66. The molecule has 0 unspecified atom stereocenters. The molecule has 0 atom stereocenters. The van der Waals surface area contributed by atoms with Crippen molar-refractivity contribution < 1.29 is 5.11 Å². The summed E-state index contributed by atoms with van der Waals surface area (Å²) in [6, 6.07) is 8.28. The normalized spacial score (nSPS) is 11.3. The molecule has 0 bridgehead atoms. The summed E-state index contributed by atoms with van der Waals surface area (Å²) >= 11 is 0. The maximum absolute atomic E-state index is 10.5. The van der Waals surface area contributed by atoms with Crippen molar-refractivity contribution in [3.8, 4) is 11.4 Å². The highest BCUT2D eigenvalue weighted by Gasteiger charge is 2.18. The van der Waals surface area contributed by atoms with Crippen LogP contribution in [-0.4, -0.2) is 14.9 Å². The van der Waals surface area contributed by atoms with E-state index < -0.39 is 0 Å². The van der Waals surface area contributed by atoms with E-state index in [0.29, 0.717) is 11.7 Å². The molecule has 2 aromatic rings. The maximum atomic E-state index is 10.5. The van der Waals surface area contributed by atoms with Gasteiger partial charge in [-0.3, -0.25) is 0 Å². The topological polar surface area (TPSA) is 38.1 Å². The van der Waals surface area contributed by atoms with E-state index in [1.165, 1.54) is 5.56 Å². The second-order valence-corrected chi connectivity index (χ2v) is 6.19. The van der Waals surface area contributed by atoms with E-state index in [0.717, 1.165) is 42.8 Å². The molecule has 0 aliphatic rings. The molecular weight excluding hydrogens is 260 g/mol. The lowest BCUT2D eigenvalue weighted by Gasteiger charge is -2.08. The van der Waals surface area contributed by atoms with E-state index in [-0.39, 0.29) is 0 Å². The van der Waals surface area contributed by atoms with Gasteiger partial charge in [0.2, 0.25) is 0 Å². The lowest BCUT2D eigenvalue weighted by Crippen LogP contribution is -2.03. The van der Waals surface area contributed by atoms with Gasteiger partial charge in [0.05, 0.1) is 11.4 Å². The molecule has 0 saturated heterocycles. The third-order valence-corrected chi connectivity index (χ3v) is 3.64. The van der Waals surface area contributed by atoms with Gasteiger partial charge in [-0.15, -0.1) is 0 Å². The highest BCUT2D eigenvalue weighted by Crippen LogP contribution is 2.28. The lowest BCUT2D eigenvalue weighted by molar-refractivity contribution is 0.454. The largest absolute Gasteiger partial charge is 0.504 e. The fourth-order valence-corrected chi connectivity index (χ4v) is 2.56. The summed E-state index contributed by atoms with van der Waals surface area (Å²) in [4.78, 5) is 0. The molecule has 3 heteroatoms. The van der Waals surface area contributed by atoms with Gasteiger partial charge < -0.3 is 5.11 Å². The van der Waals surface area contributed by atoms with Crippen LogP contribution in [0.25, 0.3) is 5.69 Å². The van der Waals surface area contributed by atoms with Crippen LogP contribution < -0.4 is 0 Å². The monoisotopic (exact) mass is 286 g/mol. The fraction of sp³-hybridized carbons (Fsp3) is 0.500. The van der Waals surface area contributed by atoms with Gasteiger partial charge >= 0.3 is 0 Å². The number of nitrogens with zero attached hydrogens (tertiary/aromatic N) is 2. The molecule has 1 aromatic carbocycles. The van der Waals surface area contributed by atoms with Crippen molar-refractivity contribution in [1.82, 2.24) is 9.78 Å². The van der Waals surface area contributed by atoms with E-state index in [1.54, 1.807) is 0 Å². The maximum Gasteiger partial charge on any atom is 0.160 e. The summed E-state index contributed by atoms with van der Waals surface area (Å²) in [6.07, 6.45) is 3.84. The smallest absolute Gasteiger partial charge is 0.160 e. The Morgan fingerprint density at radius 1 is 1.29 bits per heavy atom. The molecule has 0 radical (unpaired) electrons. The van der Waals surface area contributed by atoms with E-state index in [2.05, 4.69) is 44.9 Å². The first kappa shape index (κ1) is 15.6. The van der Waals surface area contributed by atoms with Gasteiger partial charge in [-0.25, -0.2) is 4.68 Å². The Balaban J connectivity index is 2.46. The molecular formula is C18H26N2O. The van der Waals surface area contributed by atoms with Crippen LogP contribution in [0.1, 0.15) is 50.6 Å². The predicted octanol–water partition coefficient (Wildman–Crippen LogP) is 4.43. The number of hydrogen-bond acceptors (Lipinski definition) is 2. The lowest BCUT2D eigenvalue weighted by atomic mass is 10.1. The van der Waals surface area contributed by atoms with Crippen LogP contribution in [0, 0.1) is 12.8 Å². The van der Waals surface area contributed by atoms with Gasteiger partial charge in [-0.1, -0.05) is 39.3 Å². The van der Waals surface area contributed by atoms with Crippen molar-refractivity contribution >= 4 is 0 Å². The van der Waals surface area contributed by atoms with E-state index in [1.807, 2.05) is 16.8 Å². The van der Waals surface area contributed by atoms with Gasteiger partial charge in [0.25, 0.3) is 0 Å². The zero-order valence-electron chi connectivity index (χ0n) is 13.6. The summed E-state index contributed by atoms with van der Waals surface area (Å²) < 4.78 is 1.93. The van der Waals surface area contributed by atoms with Crippen molar-refractivity contribution in [3.05, 3.63) is 41.2 Å². The summed E-state index contributed by atoms with van der Waals surface area (Å²) in [5, 5.41) is 15.2. The van der Waals surface area contributed by atoms with Gasteiger partial charge in [0, 0.05) is 0 Å². The minimum Gasteiger partial charge on any atom is -0.504 e. The van der Waals surface area contributed by atoms with Crippen molar-refractivity contribution in [1.29, 1.82) is 0 Å². The second kappa shape index (κ2) is 6.79. The highest BCUT2D eigenvalue weighted by molar-refractivity contribution is 5.42. The zero-order chi connectivity index (χ0) is 15.4. The number of unbranched alkanes of at least 4 members (excludes halogenated alkanes) is 1. The number of rotatable bonds is 6. The highest BCUT2D eigenvalue weighted by atomic mass is 16.3. The minimum atomic E-state index is 0.388. The van der Waals surface area contributed by atoms with E-state index in [9.17, 15) is 5.11 Å². The standard InChI is InChI=1S/C18H26N2O/c1-5-6-10-17-18(21)16(11-13(2)3)19-20(17)15-9-7-8-14(4)12-15/h7-9,12-13,21H,5-6,10-11H2,1-4H3. The molecule has 0 aliphatic carbocycles. The number of aromatic nitrogens is 2. The minimum absolute atomic E-state index is 0.388. The van der Waals surface area contributed by atoms with Crippen molar-refractivity contribution in [2.75, 3.05) is 0 Å². The Morgan fingerprint density at radius 3 is 2.67 bits per heavy atom. The molecule has 0 fully saturated rings. The van der Waals surface area contributed by atoms with E-state index >= 15 is 0 Å². The van der Waals surface area contributed by atoms with Crippen molar-refractivity contribution in [2.24, 2.45) is 5.92 Å². The van der Waals surface area contributed by atoms with Gasteiger partial charge in [0.15, 0.2) is 5.75 Å². The molecule has 114 valence electrons. The van der Waals surface area contributed by atoms with Gasteiger partial charge in [-0.2, -0.15) is 5.10 Å². The summed E-state index contributed by atoms with van der Waals surface area (Å²) in [6.45, 7) is 8.54. The number of hydrogen-bond donors (Lipinski definition) is 1. The van der Waals surface area contributed by atoms with E-state index in [4.69, 9.17) is 0 Å². The molecule has 0 aliphatic heterocycles. The van der Waals surface area contributed by atoms with Crippen molar-refractivity contribution in [3.63, 3.8) is 0 Å². The van der Waals surface area contributed by atoms with Gasteiger partial charge in [-0.05, 0) is 49.8 Å². The first-order valence-electron chi connectivity index (χ1n) is 7.89. The average molecular weight is 286 g/mol. The number of aryl methyl sites for hydroxylation is 1. The molecule has 0 amide bonds. The SMILES string of the molecule is CCCCc1c(O)c(CC(C)C)nn1-c1cccc(C)c1. The van der Waals surface area contributed by atoms with Gasteiger partial charge in [0.1, 0.15) is 5.69 Å². The quantitative estimate of drug-likeness (QED) is 0.853. The number of benzene rings is 1. The molecule has 1 N–H and O–H groups in total. The summed E-state index contributed by atoms with van der Waals surface area (Å²) in [7, 11) is 0. The molecule has 2 rings (SSSR count). The molecule has 0 saturated carbocycles. The van der Waals surface area contributed by atoms with Crippen LogP contribution in [0.3, 0.4) is 0 Å². The molecule has 1 heterocycles. The predicted molar refractivity (Wildman–Crippen MR) is 87.1 cm³/mol. The first-order valence-corrected chi connectivity index (χ1v) is 7.89. The Labute approximate surface area is 127 Å². The zero-order valence-corrected chi connectivity index (χ0v) is 13.6. The first-order chi connectivity index (χ1) is 10.0. The molecule has 0 spiro atoms. The summed E-state index contributed by atoms with van der Waals surface area (Å²) in [5.41, 5.74) is 4.00. The van der Waals surface area contributed by atoms with Crippen LogP contribution in [0.15, 0.2) is 24.3 Å². The average Bonchev–Trinajstić information content (AvgIpc) is 2.73. The van der Waals surface area contributed by atoms with Crippen molar-refractivity contribution in [2.45, 2.75) is 53.4 Å².